The van der Waals surface area contributed by atoms with Gasteiger partial charge in [-0.1, -0.05) is 11.8 Å². The molecule has 0 saturated carbocycles. The average molecular weight is 250 g/mol. The highest BCUT2D eigenvalue weighted by atomic mass is 32.2. The van der Waals surface area contributed by atoms with Crippen molar-refractivity contribution in [3.63, 3.8) is 0 Å². The fourth-order valence-electron chi connectivity index (χ4n) is 1.88. The van der Waals surface area contributed by atoms with Crippen LogP contribution in [0.5, 0.6) is 0 Å². The summed E-state index contributed by atoms with van der Waals surface area (Å²) in [5.41, 5.74) is 0.781. The first-order chi connectivity index (χ1) is 8.26. The summed E-state index contributed by atoms with van der Waals surface area (Å²) in [5, 5.41) is 10.0. The molecule has 0 aliphatic carbocycles. The molecule has 4 nitrogen and oxygen atoms in total. The minimum atomic E-state index is -0.296. The van der Waals surface area contributed by atoms with Gasteiger partial charge in [-0.15, -0.1) is 0 Å². The molecule has 17 heavy (non-hydrogen) atoms. The number of esters is 1. The van der Waals surface area contributed by atoms with Gasteiger partial charge in [0.15, 0.2) is 0 Å². The summed E-state index contributed by atoms with van der Waals surface area (Å²) in [5.74, 6) is -0.296. The maximum absolute atomic E-state index is 11.6. The summed E-state index contributed by atoms with van der Waals surface area (Å²) in [6.07, 6.45) is 4.69. The Labute approximate surface area is 105 Å². The van der Waals surface area contributed by atoms with E-state index in [0.717, 1.165) is 36.4 Å². The third kappa shape index (κ3) is 2.47. The number of fused-ring (bicyclic) bond motifs is 1. The molecule has 0 aromatic carbocycles. The van der Waals surface area contributed by atoms with Gasteiger partial charge in [-0.3, -0.25) is 0 Å². The van der Waals surface area contributed by atoms with Crippen molar-refractivity contribution in [2.45, 2.75) is 26.2 Å². The predicted octanol–water partition coefficient (Wildman–Crippen LogP) is 2.36. The Morgan fingerprint density at radius 2 is 2.47 bits per heavy atom. The Hall–Kier alpha value is -1.41. The summed E-state index contributed by atoms with van der Waals surface area (Å²) in [7, 11) is 0. The monoisotopic (exact) mass is 250 g/mol. The molecule has 0 unspecified atom stereocenters. The molecule has 0 bridgehead atoms. The molecule has 0 N–H and O–H groups in total. The first-order valence-electron chi connectivity index (χ1n) is 5.73. The molecule has 0 spiro atoms. The number of nitrogens with zero attached hydrogens (tertiary/aromatic N) is 2. The second-order valence-electron chi connectivity index (χ2n) is 3.86. The van der Waals surface area contributed by atoms with Gasteiger partial charge in [0.2, 0.25) is 0 Å². The molecule has 0 saturated heterocycles. The number of carbonyl (C=O) groups excluding carboxylic acids is 1. The topological polar surface area (TPSA) is 53.3 Å². The first-order valence-corrected chi connectivity index (χ1v) is 6.54. The number of carbonyl (C=O) groups is 1. The smallest absolute Gasteiger partial charge is 0.346 e. The fourth-order valence-corrected chi connectivity index (χ4v) is 2.94. The van der Waals surface area contributed by atoms with Crippen molar-refractivity contribution in [2.75, 3.05) is 13.2 Å². The van der Waals surface area contributed by atoms with Crippen molar-refractivity contribution in [1.29, 1.82) is 5.26 Å². The van der Waals surface area contributed by atoms with Crippen LogP contribution in [0.25, 0.3) is 0 Å². The van der Waals surface area contributed by atoms with E-state index in [0.29, 0.717) is 11.5 Å². The van der Waals surface area contributed by atoms with Gasteiger partial charge in [0.25, 0.3) is 0 Å². The summed E-state index contributed by atoms with van der Waals surface area (Å²) in [6.45, 7) is 3.04. The number of allylic oxidation sites excluding steroid dienone is 1. The predicted molar refractivity (Wildman–Crippen MR) is 65.5 cm³/mol. The quantitative estimate of drug-likeness (QED) is 0.704. The zero-order valence-corrected chi connectivity index (χ0v) is 10.5. The lowest BCUT2D eigenvalue weighted by atomic mass is 10.1. The molecular formula is C12H14N2O2S. The molecule has 2 rings (SSSR count). The third-order valence-electron chi connectivity index (χ3n) is 2.69. The van der Waals surface area contributed by atoms with Crippen molar-refractivity contribution in [2.24, 2.45) is 0 Å². The Morgan fingerprint density at radius 3 is 3.18 bits per heavy atom. The van der Waals surface area contributed by atoms with Crippen LogP contribution in [0.1, 0.15) is 26.2 Å². The van der Waals surface area contributed by atoms with Crippen LogP contribution >= 0.6 is 11.8 Å². The number of thioether (sulfide) groups is 1. The van der Waals surface area contributed by atoms with Gasteiger partial charge in [0, 0.05) is 12.7 Å². The van der Waals surface area contributed by atoms with Crippen molar-refractivity contribution in [3.8, 4) is 6.07 Å². The zero-order chi connectivity index (χ0) is 12.3. The van der Waals surface area contributed by atoms with E-state index in [9.17, 15) is 4.79 Å². The first kappa shape index (κ1) is 12.1. The van der Waals surface area contributed by atoms with E-state index in [1.54, 1.807) is 13.1 Å². The van der Waals surface area contributed by atoms with Gasteiger partial charge in [-0.25, -0.2) is 4.79 Å². The van der Waals surface area contributed by atoms with Gasteiger partial charge < -0.3 is 9.64 Å². The molecule has 2 aliphatic heterocycles. The number of nitriles is 1. The Kier molecular flexibility index (Phi) is 3.75. The fraction of sp³-hybridized carbons (Fsp3) is 0.500. The number of ether oxygens (including phenoxy) is 1. The second kappa shape index (κ2) is 5.28. The van der Waals surface area contributed by atoms with E-state index >= 15 is 0 Å². The number of hydrogen-bond donors (Lipinski definition) is 0. The molecule has 0 aromatic heterocycles. The van der Waals surface area contributed by atoms with E-state index in [-0.39, 0.29) is 5.97 Å². The normalized spacial score (nSPS) is 19.3. The Morgan fingerprint density at radius 1 is 1.65 bits per heavy atom. The van der Waals surface area contributed by atoms with E-state index in [4.69, 9.17) is 10.00 Å². The van der Waals surface area contributed by atoms with Crippen LogP contribution in [-0.4, -0.2) is 24.0 Å². The molecular weight excluding hydrogens is 236 g/mol. The largest absolute Gasteiger partial charge is 0.462 e. The van der Waals surface area contributed by atoms with Gasteiger partial charge in [0.05, 0.1) is 23.3 Å². The van der Waals surface area contributed by atoms with E-state index < -0.39 is 0 Å². The molecule has 0 radical (unpaired) electrons. The van der Waals surface area contributed by atoms with Crippen LogP contribution in [0.4, 0.5) is 0 Å². The minimum Gasteiger partial charge on any atom is -0.462 e. The molecule has 0 aromatic rings. The second-order valence-corrected chi connectivity index (χ2v) is 4.89. The highest BCUT2D eigenvalue weighted by Crippen LogP contribution is 2.41. The lowest BCUT2D eigenvalue weighted by Gasteiger charge is -2.14. The van der Waals surface area contributed by atoms with Crippen LogP contribution in [0.15, 0.2) is 21.7 Å². The average Bonchev–Trinajstić information content (AvgIpc) is 2.65. The molecule has 2 heterocycles. The lowest BCUT2D eigenvalue weighted by molar-refractivity contribution is -0.137. The van der Waals surface area contributed by atoms with Crippen molar-refractivity contribution in [1.82, 2.24) is 4.90 Å². The van der Waals surface area contributed by atoms with E-state index in [1.807, 2.05) is 4.90 Å². The SMILES string of the molecule is CCOC(=O)C1=CN2CCCCC(C#N)=C2S1. The van der Waals surface area contributed by atoms with Crippen molar-refractivity contribution < 1.29 is 9.53 Å². The van der Waals surface area contributed by atoms with Crippen LogP contribution in [-0.2, 0) is 9.53 Å². The van der Waals surface area contributed by atoms with Crippen LogP contribution in [0.2, 0.25) is 0 Å². The number of rotatable bonds is 2. The van der Waals surface area contributed by atoms with Gasteiger partial charge in [-0.05, 0) is 26.2 Å². The van der Waals surface area contributed by atoms with Gasteiger partial charge >= 0.3 is 5.97 Å². The third-order valence-corrected chi connectivity index (χ3v) is 3.85. The molecule has 0 fully saturated rings. The van der Waals surface area contributed by atoms with Crippen LogP contribution in [0, 0.1) is 11.3 Å². The van der Waals surface area contributed by atoms with E-state index in [1.165, 1.54) is 11.8 Å². The molecule has 90 valence electrons. The molecule has 0 amide bonds. The minimum absolute atomic E-state index is 0.296. The summed E-state index contributed by atoms with van der Waals surface area (Å²) >= 11 is 1.36. The van der Waals surface area contributed by atoms with Crippen molar-refractivity contribution in [3.05, 3.63) is 21.7 Å². The maximum Gasteiger partial charge on any atom is 0.346 e. The molecule has 0 atom stereocenters. The Bertz CT molecular complexity index is 434. The lowest BCUT2D eigenvalue weighted by Crippen LogP contribution is -2.12. The summed E-state index contributed by atoms with van der Waals surface area (Å²) in [4.78, 5) is 14.2. The highest BCUT2D eigenvalue weighted by Gasteiger charge is 2.28. The van der Waals surface area contributed by atoms with Crippen LogP contribution in [0.3, 0.4) is 0 Å². The van der Waals surface area contributed by atoms with Gasteiger partial charge in [-0.2, -0.15) is 5.26 Å². The van der Waals surface area contributed by atoms with E-state index in [2.05, 4.69) is 6.07 Å². The van der Waals surface area contributed by atoms with Crippen LogP contribution < -0.4 is 0 Å². The molecule has 5 heteroatoms. The zero-order valence-electron chi connectivity index (χ0n) is 9.73. The standard InChI is InChI=1S/C12H14N2O2S/c1-2-16-12(15)10-8-14-6-4-3-5-9(7-13)11(14)17-10/h8H,2-6H2,1H3. The summed E-state index contributed by atoms with van der Waals surface area (Å²) < 4.78 is 4.97. The summed E-state index contributed by atoms with van der Waals surface area (Å²) in [6, 6.07) is 2.24. The number of hydrogen-bond acceptors (Lipinski definition) is 5. The van der Waals surface area contributed by atoms with Gasteiger partial charge in [0.1, 0.15) is 4.91 Å². The highest BCUT2D eigenvalue weighted by molar-refractivity contribution is 8.07. The Balaban J connectivity index is 2.21. The maximum atomic E-state index is 11.6. The van der Waals surface area contributed by atoms with Crippen molar-refractivity contribution >= 4 is 17.7 Å². The molecule has 2 aliphatic rings.